The van der Waals surface area contributed by atoms with E-state index in [4.69, 9.17) is 4.74 Å². The summed E-state index contributed by atoms with van der Waals surface area (Å²) in [5.74, 6) is -0.710. The van der Waals surface area contributed by atoms with Gasteiger partial charge in [-0.15, -0.1) is 0 Å². The van der Waals surface area contributed by atoms with Crippen LogP contribution in [0.25, 0.3) is 0 Å². The molecule has 2 heterocycles. The first-order chi connectivity index (χ1) is 11.5. The van der Waals surface area contributed by atoms with Crippen molar-refractivity contribution in [3.63, 3.8) is 0 Å². The molecule has 0 unspecified atom stereocenters. The third-order valence-electron chi connectivity index (χ3n) is 4.40. The predicted molar refractivity (Wildman–Crippen MR) is 85.5 cm³/mol. The summed E-state index contributed by atoms with van der Waals surface area (Å²) < 4.78 is 5.46. The minimum absolute atomic E-state index is 0.0312. The highest BCUT2D eigenvalue weighted by atomic mass is 16.6. The minimum atomic E-state index is -0.489. The van der Waals surface area contributed by atoms with Crippen LogP contribution >= 0.6 is 0 Å². The highest BCUT2D eigenvalue weighted by Gasteiger charge is 2.35. The van der Waals surface area contributed by atoms with Crippen molar-refractivity contribution in [3.05, 3.63) is 34.4 Å². The lowest BCUT2D eigenvalue weighted by atomic mass is 10.1. The Morgan fingerprint density at radius 3 is 2.75 bits per heavy atom. The van der Waals surface area contributed by atoms with Gasteiger partial charge in [-0.3, -0.25) is 19.7 Å². The molecule has 8 nitrogen and oxygen atoms in total. The summed E-state index contributed by atoms with van der Waals surface area (Å²) in [7, 11) is 0. The number of nitro benzene ring substituents is 1. The van der Waals surface area contributed by atoms with E-state index >= 15 is 0 Å². The van der Waals surface area contributed by atoms with Crippen molar-refractivity contribution < 1.29 is 19.2 Å². The van der Waals surface area contributed by atoms with Crippen molar-refractivity contribution >= 4 is 23.2 Å². The van der Waals surface area contributed by atoms with E-state index in [9.17, 15) is 19.7 Å². The summed E-state index contributed by atoms with van der Waals surface area (Å²) >= 11 is 0. The average molecular weight is 333 g/mol. The number of carbonyl (C=O) groups excluding carboxylic acids is 2. The highest BCUT2D eigenvalue weighted by molar-refractivity contribution is 6.00. The van der Waals surface area contributed by atoms with Crippen molar-refractivity contribution in [1.82, 2.24) is 5.32 Å². The second kappa shape index (κ2) is 6.96. The predicted octanol–water partition coefficient (Wildman–Crippen LogP) is 1.24. The molecule has 1 N–H and O–H groups in total. The lowest BCUT2D eigenvalue weighted by Crippen LogP contribution is -2.37. The van der Waals surface area contributed by atoms with Crippen LogP contribution in [0.5, 0.6) is 0 Å². The second-order valence-electron chi connectivity index (χ2n) is 6.06. The molecule has 3 rings (SSSR count). The Morgan fingerprint density at radius 1 is 1.38 bits per heavy atom. The molecule has 1 aromatic carbocycles. The lowest BCUT2D eigenvalue weighted by molar-refractivity contribution is -0.384. The van der Waals surface area contributed by atoms with Gasteiger partial charge in [0.25, 0.3) is 5.69 Å². The van der Waals surface area contributed by atoms with Gasteiger partial charge in [0, 0.05) is 43.9 Å². The maximum Gasteiger partial charge on any atom is 0.269 e. The smallest absolute Gasteiger partial charge is 0.269 e. The fraction of sp³-hybridized carbons (Fsp3) is 0.500. The third kappa shape index (κ3) is 3.53. The Bertz CT molecular complexity index is 640. The Balaban J connectivity index is 1.58. The monoisotopic (exact) mass is 333 g/mol. The number of nitrogens with zero attached hydrogens (tertiary/aromatic N) is 2. The summed E-state index contributed by atoms with van der Waals surface area (Å²) in [6.07, 6.45) is 2.17. The first-order valence-corrected chi connectivity index (χ1v) is 7.98. The standard InChI is InChI=1S/C16H19N3O5/c20-15-8-11(16(21)17-9-14-2-1-7-24-14)10-18(15)12-3-5-13(6-4-12)19(22)23/h3-6,11,14H,1-2,7-10H2,(H,17,21)/t11-,14-/m1/s1. The quantitative estimate of drug-likeness (QED) is 0.645. The van der Waals surface area contributed by atoms with Crippen molar-refractivity contribution in [1.29, 1.82) is 0 Å². The number of hydrogen-bond donors (Lipinski definition) is 1. The van der Waals surface area contributed by atoms with Gasteiger partial charge in [0.15, 0.2) is 0 Å². The van der Waals surface area contributed by atoms with Crippen LogP contribution in [-0.2, 0) is 14.3 Å². The SMILES string of the molecule is O=C(NC[C@H]1CCCO1)[C@@H]1CC(=O)N(c2ccc([N+](=O)[O-])cc2)C1. The van der Waals surface area contributed by atoms with Crippen LogP contribution in [0.4, 0.5) is 11.4 Å². The molecule has 0 bridgehead atoms. The van der Waals surface area contributed by atoms with Crippen molar-refractivity contribution in [2.45, 2.75) is 25.4 Å². The fourth-order valence-corrected chi connectivity index (χ4v) is 3.05. The van der Waals surface area contributed by atoms with Crippen molar-refractivity contribution in [3.8, 4) is 0 Å². The fourth-order valence-electron chi connectivity index (χ4n) is 3.05. The van der Waals surface area contributed by atoms with Crippen LogP contribution in [0.3, 0.4) is 0 Å². The average Bonchev–Trinajstić information content (AvgIpc) is 3.22. The molecule has 0 aliphatic carbocycles. The first kappa shape index (κ1) is 16.4. The molecule has 2 saturated heterocycles. The normalized spacial score (nSPS) is 23.5. The van der Waals surface area contributed by atoms with Gasteiger partial charge in [0.1, 0.15) is 0 Å². The maximum atomic E-state index is 12.2. The van der Waals surface area contributed by atoms with Gasteiger partial charge in [-0.05, 0) is 25.0 Å². The Hall–Kier alpha value is -2.48. The Kier molecular flexibility index (Phi) is 4.75. The lowest BCUT2D eigenvalue weighted by Gasteiger charge is -2.17. The number of anilines is 1. The van der Waals surface area contributed by atoms with Crippen LogP contribution in [0.2, 0.25) is 0 Å². The summed E-state index contributed by atoms with van der Waals surface area (Å²) in [5.41, 5.74) is 0.538. The van der Waals surface area contributed by atoms with Crippen molar-refractivity contribution in [2.24, 2.45) is 5.92 Å². The molecule has 2 aliphatic rings. The van der Waals surface area contributed by atoms with Crippen LogP contribution in [-0.4, -0.2) is 42.5 Å². The number of ether oxygens (including phenoxy) is 1. The number of nitro groups is 1. The number of nitrogens with one attached hydrogen (secondary N) is 1. The van der Waals surface area contributed by atoms with Crippen molar-refractivity contribution in [2.75, 3.05) is 24.6 Å². The van der Waals surface area contributed by atoms with E-state index < -0.39 is 10.8 Å². The Morgan fingerprint density at radius 2 is 2.12 bits per heavy atom. The van der Waals surface area contributed by atoms with Crippen LogP contribution in [0.15, 0.2) is 24.3 Å². The van der Waals surface area contributed by atoms with E-state index in [0.29, 0.717) is 12.2 Å². The summed E-state index contributed by atoms with van der Waals surface area (Å²) in [4.78, 5) is 36.1. The maximum absolute atomic E-state index is 12.2. The van der Waals surface area contributed by atoms with Gasteiger partial charge < -0.3 is 15.0 Å². The van der Waals surface area contributed by atoms with Crippen LogP contribution < -0.4 is 10.2 Å². The third-order valence-corrected chi connectivity index (χ3v) is 4.40. The second-order valence-corrected chi connectivity index (χ2v) is 6.06. The molecule has 1 aromatic rings. The van der Waals surface area contributed by atoms with E-state index in [1.54, 1.807) is 0 Å². The molecule has 0 saturated carbocycles. The summed E-state index contributed by atoms with van der Waals surface area (Å²) in [6.45, 7) is 1.49. The number of carbonyl (C=O) groups is 2. The summed E-state index contributed by atoms with van der Waals surface area (Å²) in [6, 6.07) is 5.77. The van der Waals surface area contributed by atoms with Gasteiger partial charge in [0.05, 0.1) is 16.9 Å². The van der Waals surface area contributed by atoms with Gasteiger partial charge in [-0.2, -0.15) is 0 Å². The largest absolute Gasteiger partial charge is 0.376 e. The van der Waals surface area contributed by atoms with E-state index in [2.05, 4.69) is 5.32 Å². The zero-order valence-corrected chi connectivity index (χ0v) is 13.1. The number of amides is 2. The van der Waals surface area contributed by atoms with E-state index in [0.717, 1.165) is 19.4 Å². The molecular formula is C16H19N3O5. The summed E-state index contributed by atoms with van der Waals surface area (Å²) in [5, 5.41) is 13.5. The molecule has 8 heteroatoms. The van der Waals surface area contributed by atoms with E-state index in [-0.39, 0.29) is 36.6 Å². The molecule has 0 radical (unpaired) electrons. The number of benzene rings is 1. The van der Waals surface area contributed by atoms with E-state index in [1.165, 1.54) is 29.2 Å². The molecule has 0 spiro atoms. The van der Waals surface area contributed by atoms with Gasteiger partial charge in [-0.25, -0.2) is 0 Å². The molecular weight excluding hydrogens is 314 g/mol. The molecule has 24 heavy (non-hydrogen) atoms. The van der Waals surface area contributed by atoms with Crippen LogP contribution in [0.1, 0.15) is 19.3 Å². The zero-order valence-electron chi connectivity index (χ0n) is 13.1. The molecule has 2 aliphatic heterocycles. The van der Waals surface area contributed by atoms with Crippen LogP contribution in [0, 0.1) is 16.0 Å². The van der Waals surface area contributed by atoms with Gasteiger partial charge in [0.2, 0.25) is 11.8 Å². The topological polar surface area (TPSA) is 102 Å². The molecule has 2 atom stereocenters. The molecule has 2 fully saturated rings. The van der Waals surface area contributed by atoms with E-state index in [1.807, 2.05) is 0 Å². The molecule has 0 aromatic heterocycles. The van der Waals surface area contributed by atoms with Gasteiger partial charge in [-0.1, -0.05) is 0 Å². The number of hydrogen-bond acceptors (Lipinski definition) is 5. The molecule has 128 valence electrons. The first-order valence-electron chi connectivity index (χ1n) is 7.98. The van der Waals surface area contributed by atoms with Gasteiger partial charge >= 0.3 is 0 Å². The number of non-ortho nitro benzene ring substituents is 1. The minimum Gasteiger partial charge on any atom is -0.376 e. The highest BCUT2D eigenvalue weighted by Crippen LogP contribution is 2.27. The molecule has 2 amide bonds. The zero-order chi connectivity index (χ0) is 17.1. The number of rotatable bonds is 5. The Labute approximate surface area is 138 Å².